The van der Waals surface area contributed by atoms with Gasteiger partial charge in [-0.15, -0.1) is 0 Å². The van der Waals surface area contributed by atoms with E-state index in [2.05, 4.69) is 24.9 Å². The van der Waals surface area contributed by atoms with Gasteiger partial charge in [0.05, 0.1) is 0 Å². The standard InChI is InChI=1S/C9H15N/c1-3-8(2)9-4-6-10-7-5-9/h4,6,8H,3,5,7H2,1-2H3. The molecule has 10 heavy (non-hydrogen) atoms. The van der Waals surface area contributed by atoms with E-state index in [4.69, 9.17) is 0 Å². The largest absolute Gasteiger partial charge is 0.293 e. The Balaban J connectivity index is 2.53. The molecule has 0 fully saturated rings. The van der Waals surface area contributed by atoms with Crippen LogP contribution in [0.5, 0.6) is 0 Å². The predicted molar refractivity (Wildman–Crippen MR) is 45.5 cm³/mol. The van der Waals surface area contributed by atoms with Gasteiger partial charge < -0.3 is 0 Å². The lowest BCUT2D eigenvalue weighted by atomic mass is 9.95. The molecule has 1 unspecified atom stereocenters. The highest BCUT2D eigenvalue weighted by atomic mass is 14.7. The average molecular weight is 137 g/mol. The molecule has 0 aromatic rings. The quantitative estimate of drug-likeness (QED) is 0.554. The molecule has 1 nitrogen and oxygen atoms in total. The minimum Gasteiger partial charge on any atom is -0.293 e. The zero-order valence-corrected chi connectivity index (χ0v) is 6.80. The van der Waals surface area contributed by atoms with Crippen LogP contribution in [0.25, 0.3) is 0 Å². The number of hydrogen-bond donors (Lipinski definition) is 0. The Morgan fingerprint density at radius 3 is 3.00 bits per heavy atom. The van der Waals surface area contributed by atoms with E-state index < -0.39 is 0 Å². The second-order valence-electron chi connectivity index (χ2n) is 2.86. The van der Waals surface area contributed by atoms with Gasteiger partial charge in [0, 0.05) is 12.8 Å². The maximum Gasteiger partial charge on any atom is 0.0426 e. The summed E-state index contributed by atoms with van der Waals surface area (Å²) >= 11 is 0. The van der Waals surface area contributed by atoms with E-state index >= 15 is 0 Å². The summed E-state index contributed by atoms with van der Waals surface area (Å²) in [5.41, 5.74) is 1.57. The van der Waals surface area contributed by atoms with Gasteiger partial charge in [0.15, 0.2) is 0 Å². The van der Waals surface area contributed by atoms with Crippen molar-refractivity contribution in [1.29, 1.82) is 0 Å². The molecule has 0 amide bonds. The summed E-state index contributed by atoms with van der Waals surface area (Å²) in [4.78, 5) is 4.14. The van der Waals surface area contributed by atoms with Crippen molar-refractivity contribution in [3.05, 3.63) is 11.6 Å². The summed E-state index contributed by atoms with van der Waals surface area (Å²) < 4.78 is 0. The highest BCUT2D eigenvalue weighted by Gasteiger charge is 2.06. The molecule has 1 atom stereocenters. The van der Waals surface area contributed by atoms with Crippen LogP contribution in [-0.4, -0.2) is 12.8 Å². The fourth-order valence-electron chi connectivity index (χ4n) is 1.17. The molecule has 0 N–H and O–H groups in total. The summed E-state index contributed by atoms with van der Waals surface area (Å²) in [7, 11) is 0. The van der Waals surface area contributed by atoms with Crippen molar-refractivity contribution in [2.45, 2.75) is 26.7 Å². The van der Waals surface area contributed by atoms with Crippen LogP contribution >= 0.6 is 0 Å². The first-order valence-electron chi connectivity index (χ1n) is 4.03. The van der Waals surface area contributed by atoms with E-state index in [9.17, 15) is 0 Å². The lowest BCUT2D eigenvalue weighted by Gasteiger charge is -2.14. The summed E-state index contributed by atoms with van der Waals surface area (Å²) in [5, 5.41) is 0. The Labute approximate surface area is 62.9 Å². The number of hydrogen-bond acceptors (Lipinski definition) is 1. The molecule has 1 rings (SSSR count). The second kappa shape index (κ2) is 3.55. The SMILES string of the molecule is CCC(C)C1=CC=NCC1. The topological polar surface area (TPSA) is 12.4 Å². The second-order valence-corrected chi connectivity index (χ2v) is 2.86. The highest BCUT2D eigenvalue weighted by molar-refractivity contribution is 5.73. The maximum atomic E-state index is 4.14. The van der Waals surface area contributed by atoms with Crippen molar-refractivity contribution >= 4 is 6.21 Å². The van der Waals surface area contributed by atoms with Crippen LogP contribution in [0.15, 0.2) is 16.6 Å². The molecule has 0 saturated carbocycles. The van der Waals surface area contributed by atoms with Crippen LogP contribution in [-0.2, 0) is 0 Å². The Bertz CT molecular complexity index is 156. The number of dihydropyridines is 1. The van der Waals surface area contributed by atoms with Crippen LogP contribution in [0.3, 0.4) is 0 Å². The van der Waals surface area contributed by atoms with Crippen LogP contribution in [0.2, 0.25) is 0 Å². The van der Waals surface area contributed by atoms with Gasteiger partial charge >= 0.3 is 0 Å². The molecule has 1 aliphatic rings. The van der Waals surface area contributed by atoms with E-state index in [0.29, 0.717) is 0 Å². The van der Waals surface area contributed by atoms with Gasteiger partial charge in [-0.1, -0.05) is 19.4 Å². The first kappa shape index (κ1) is 7.52. The van der Waals surface area contributed by atoms with Crippen LogP contribution in [0.4, 0.5) is 0 Å². The summed E-state index contributed by atoms with van der Waals surface area (Å²) in [6, 6.07) is 0. The van der Waals surface area contributed by atoms with E-state index in [0.717, 1.165) is 12.5 Å². The fourth-order valence-corrected chi connectivity index (χ4v) is 1.17. The van der Waals surface area contributed by atoms with Crippen molar-refractivity contribution in [2.24, 2.45) is 10.9 Å². The number of nitrogens with zero attached hydrogens (tertiary/aromatic N) is 1. The molecule has 0 saturated heterocycles. The van der Waals surface area contributed by atoms with Gasteiger partial charge in [-0.3, -0.25) is 4.99 Å². The Kier molecular flexibility index (Phi) is 2.67. The van der Waals surface area contributed by atoms with Gasteiger partial charge in [-0.2, -0.15) is 0 Å². The van der Waals surface area contributed by atoms with Gasteiger partial charge in [0.2, 0.25) is 0 Å². The molecule has 0 spiro atoms. The summed E-state index contributed by atoms with van der Waals surface area (Å²) in [5.74, 6) is 0.756. The lowest BCUT2D eigenvalue weighted by Crippen LogP contribution is -2.03. The predicted octanol–water partition coefficient (Wildman–Crippen LogP) is 2.43. The van der Waals surface area contributed by atoms with Gasteiger partial charge in [-0.25, -0.2) is 0 Å². The van der Waals surface area contributed by atoms with Crippen molar-refractivity contribution in [3.8, 4) is 0 Å². The van der Waals surface area contributed by atoms with Crippen molar-refractivity contribution in [3.63, 3.8) is 0 Å². The van der Waals surface area contributed by atoms with Crippen molar-refractivity contribution in [2.75, 3.05) is 6.54 Å². The normalized spacial score (nSPS) is 20.4. The third kappa shape index (κ3) is 1.69. The van der Waals surface area contributed by atoms with Crippen LogP contribution < -0.4 is 0 Å². The lowest BCUT2D eigenvalue weighted by molar-refractivity contribution is 0.623. The molecule has 1 aliphatic heterocycles. The molecule has 1 heterocycles. The smallest absolute Gasteiger partial charge is 0.0426 e. The monoisotopic (exact) mass is 137 g/mol. The van der Waals surface area contributed by atoms with E-state index in [1.54, 1.807) is 5.57 Å². The number of aliphatic imine (C=N–C) groups is 1. The molecular formula is C9H15N. The van der Waals surface area contributed by atoms with Gasteiger partial charge in [0.1, 0.15) is 0 Å². The van der Waals surface area contributed by atoms with E-state index in [1.807, 2.05) is 6.21 Å². The number of rotatable bonds is 2. The maximum absolute atomic E-state index is 4.14. The number of allylic oxidation sites excluding steroid dienone is 1. The Morgan fingerprint density at radius 1 is 1.70 bits per heavy atom. The van der Waals surface area contributed by atoms with E-state index in [-0.39, 0.29) is 0 Å². The zero-order valence-electron chi connectivity index (χ0n) is 6.80. The molecular weight excluding hydrogens is 122 g/mol. The Morgan fingerprint density at radius 2 is 2.50 bits per heavy atom. The van der Waals surface area contributed by atoms with Gasteiger partial charge in [0.25, 0.3) is 0 Å². The highest BCUT2D eigenvalue weighted by Crippen LogP contribution is 2.18. The van der Waals surface area contributed by atoms with Crippen LogP contribution in [0, 0.1) is 5.92 Å². The molecule has 0 aliphatic carbocycles. The molecule has 1 heteroatoms. The molecule has 0 aromatic carbocycles. The first-order valence-corrected chi connectivity index (χ1v) is 4.03. The Hall–Kier alpha value is -0.590. The first-order chi connectivity index (χ1) is 4.84. The third-order valence-corrected chi connectivity index (χ3v) is 2.17. The van der Waals surface area contributed by atoms with Gasteiger partial charge in [-0.05, 0) is 24.8 Å². The minimum absolute atomic E-state index is 0.756. The molecule has 0 radical (unpaired) electrons. The third-order valence-electron chi connectivity index (χ3n) is 2.17. The summed E-state index contributed by atoms with van der Waals surface area (Å²) in [6.07, 6.45) is 6.52. The van der Waals surface area contributed by atoms with E-state index in [1.165, 1.54) is 12.8 Å². The molecule has 56 valence electrons. The fraction of sp³-hybridized carbons (Fsp3) is 0.667. The zero-order chi connectivity index (χ0) is 7.40. The average Bonchev–Trinajstić information content (AvgIpc) is 2.05. The van der Waals surface area contributed by atoms with Crippen LogP contribution in [0.1, 0.15) is 26.7 Å². The minimum atomic E-state index is 0.756. The van der Waals surface area contributed by atoms with Crippen molar-refractivity contribution < 1.29 is 0 Å². The molecule has 0 bridgehead atoms. The summed E-state index contributed by atoms with van der Waals surface area (Å²) in [6.45, 7) is 5.51. The molecule has 0 aromatic heterocycles. The van der Waals surface area contributed by atoms with Crippen molar-refractivity contribution in [1.82, 2.24) is 0 Å².